The first-order chi connectivity index (χ1) is 11.6. The first kappa shape index (κ1) is 18.3. The molecule has 0 aliphatic carbocycles. The highest BCUT2D eigenvalue weighted by atomic mass is 32.2. The molecular formula is C19H21N3S2. The lowest BCUT2D eigenvalue weighted by molar-refractivity contribution is 0.989. The zero-order valence-electron chi connectivity index (χ0n) is 13.9. The minimum atomic E-state index is 0.640. The van der Waals surface area contributed by atoms with E-state index in [-0.39, 0.29) is 0 Å². The number of aryl methyl sites for hydroxylation is 1. The van der Waals surface area contributed by atoms with E-state index in [0.29, 0.717) is 5.11 Å². The van der Waals surface area contributed by atoms with Crippen LogP contribution in [0.15, 0.2) is 42.5 Å². The first-order valence-corrected chi connectivity index (χ1v) is 9.35. The van der Waals surface area contributed by atoms with Crippen molar-refractivity contribution in [2.75, 3.05) is 17.6 Å². The molecule has 0 heterocycles. The van der Waals surface area contributed by atoms with Gasteiger partial charge >= 0.3 is 0 Å². The van der Waals surface area contributed by atoms with Crippen LogP contribution in [0.25, 0.3) is 0 Å². The summed E-state index contributed by atoms with van der Waals surface area (Å²) >= 11 is 7.14. The molecule has 0 spiro atoms. The average molecular weight is 356 g/mol. The van der Waals surface area contributed by atoms with Gasteiger partial charge in [-0.1, -0.05) is 30.3 Å². The summed E-state index contributed by atoms with van der Waals surface area (Å²) in [6, 6.07) is 16.1. The third kappa shape index (κ3) is 5.26. The van der Waals surface area contributed by atoms with Crippen LogP contribution in [0.4, 0.5) is 5.69 Å². The summed E-state index contributed by atoms with van der Waals surface area (Å²) in [5, 5.41) is 16.2. The monoisotopic (exact) mass is 355 g/mol. The Kier molecular flexibility index (Phi) is 7.10. The molecule has 3 nitrogen and oxygen atoms in total. The summed E-state index contributed by atoms with van der Waals surface area (Å²) in [7, 11) is 0. The van der Waals surface area contributed by atoms with E-state index in [2.05, 4.69) is 36.6 Å². The fraction of sp³-hybridized carbons (Fsp3) is 0.263. The predicted molar refractivity (Wildman–Crippen MR) is 107 cm³/mol. The van der Waals surface area contributed by atoms with Gasteiger partial charge in [-0.2, -0.15) is 17.0 Å². The molecule has 0 aliphatic heterocycles. The fourth-order valence-corrected chi connectivity index (χ4v) is 3.30. The van der Waals surface area contributed by atoms with E-state index in [1.807, 2.05) is 36.4 Å². The van der Waals surface area contributed by atoms with Gasteiger partial charge in [0.1, 0.15) is 0 Å². The molecule has 0 saturated heterocycles. The van der Waals surface area contributed by atoms with Crippen LogP contribution in [0.2, 0.25) is 0 Å². The van der Waals surface area contributed by atoms with Gasteiger partial charge in [-0.15, -0.1) is 0 Å². The smallest absolute Gasteiger partial charge is 0.170 e. The van der Waals surface area contributed by atoms with Crippen molar-refractivity contribution < 1.29 is 0 Å². The molecule has 0 aromatic heterocycles. The van der Waals surface area contributed by atoms with Crippen molar-refractivity contribution in [3.8, 4) is 6.07 Å². The molecule has 0 unspecified atom stereocenters. The summed E-state index contributed by atoms with van der Waals surface area (Å²) < 4.78 is 0. The van der Waals surface area contributed by atoms with Gasteiger partial charge in [-0.25, -0.2) is 0 Å². The lowest BCUT2D eigenvalue weighted by atomic mass is 10.1. The number of benzene rings is 2. The fourth-order valence-electron chi connectivity index (χ4n) is 2.23. The molecule has 5 heteroatoms. The number of hydrogen-bond donors (Lipinski definition) is 2. The van der Waals surface area contributed by atoms with Crippen LogP contribution in [-0.2, 0) is 5.75 Å². The van der Waals surface area contributed by atoms with Crippen LogP contribution < -0.4 is 10.6 Å². The first-order valence-electron chi connectivity index (χ1n) is 7.78. The number of thiocarbonyl (C=S) groups is 1. The Hall–Kier alpha value is -2.03. The molecule has 24 heavy (non-hydrogen) atoms. The van der Waals surface area contributed by atoms with Crippen LogP contribution in [0.5, 0.6) is 0 Å². The third-order valence-electron chi connectivity index (χ3n) is 3.78. The van der Waals surface area contributed by atoms with Crippen LogP contribution in [-0.4, -0.2) is 17.4 Å². The second-order valence-corrected chi connectivity index (χ2v) is 6.96. The number of hydrogen-bond acceptors (Lipinski definition) is 3. The molecular weight excluding hydrogens is 334 g/mol. The van der Waals surface area contributed by atoms with Crippen molar-refractivity contribution >= 4 is 34.8 Å². The SMILES string of the molecule is Cc1cccc(NC(=S)NCCSCc2ccccc2C#N)c1C. The quantitative estimate of drug-likeness (QED) is 0.594. The van der Waals surface area contributed by atoms with Gasteiger partial charge in [0.25, 0.3) is 0 Å². The topological polar surface area (TPSA) is 47.8 Å². The zero-order chi connectivity index (χ0) is 17.4. The predicted octanol–water partition coefficient (Wildman–Crippen LogP) is 4.39. The lowest BCUT2D eigenvalue weighted by Gasteiger charge is -2.13. The maximum Gasteiger partial charge on any atom is 0.170 e. The molecule has 2 aromatic carbocycles. The lowest BCUT2D eigenvalue weighted by Crippen LogP contribution is -2.30. The molecule has 0 atom stereocenters. The van der Waals surface area contributed by atoms with Crippen molar-refractivity contribution in [1.82, 2.24) is 5.32 Å². The molecule has 2 N–H and O–H groups in total. The number of rotatable bonds is 6. The van der Waals surface area contributed by atoms with Crippen molar-refractivity contribution in [1.29, 1.82) is 5.26 Å². The Bertz CT molecular complexity index is 751. The number of nitrogens with one attached hydrogen (secondary N) is 2. The standard InChI is InChI=1S/C19H21N3S2/c1-14-6-5-9-18(15(14)2)22-19(23)21-10-11-24-13-17-8-4-3-7-16(17)12-20/h3-9H,10-11,13H2,1-2H3,(H2,21,22,23). The van der Waals surface area contributed by atoms with Gasteiger partial charge in [0.15, 0.2) is 5.11 Å². The zero-order valence-corrected chi connectivity index (χ0v) is 15.6. The van der Waals surface area contributed by atoms with E-state index in [4.69, 9.17) is 17.5 Å². The number of anilines is 1. The van der Waals surface area contributed by atoms with Crippen molar-refractivity contribution in [3.05, 3.63) is 64.7 Å². The van der Waals surface area contributed by atoms with Crippen molar-refractivity contribution in [2.45, 2.75) is 19.6 Å². The second-order valence-electron chi connectivity index (χ2n) is 5.45. The Labute approximate surface area is 153 Å². The molecule has 124 valence electrons. The Balaban J connectivity index is 1.72. The number of thioether (sulfide) groups is 1. The van der Waals surface area contributed by atoms with E-state index in [9.17, 15) is 0 Å². The van der Waals surface area contributed by atoms with Crippen LogP contribution in [0, 0.1) is 25.2 Å². The maximum absolute atomic E-state index is 9.08. The minimum Gasteiger partial charge on any atom is -0.362 e. The van der Waals surface area contributed by atoms with Crippen LogP contribution >= 0.6 is 24.0 Å². The normalized spacial score (nSPS) is 10.0. The highest BCUT2D eigenvalue weighted by Crippen LogP contribution is 2.18. The van der Waals surface area contributed by atoms with Gasteiger partial charge < -0.3 is 10.6 Å². The molecule has 0 aliphatic rings. The minimum absolute atomic E-state index is 0.640. The summed E-state index contributed by atoms with van der Waals surface area (Å²) in [5.74, 6) is 1.76. The summed E-state index contributed by atoms with van der Waals surface area (Å²) in [4.78, 5) is 0. The summed E-state index contributed by atoms with van der Waals surface area (Å²) in [6.07, 6.45) is 0. The van der Waals surface area contributed by atoms with Gasteiger partial charge in [-0.3, -0.25) is 0 Å². The van der Waals surface area contributed by atoms with E-state index in [1.165, 1.54) is 11.1 Å². The van der Waals surface area contributed by atoms with Gasteiger partial charge in [0.2, 0.25) is 0 Å². The van der Waals surface area contributed by atoms with Crippen LogP contribution in [0.3, 0.4) is 0 Å². The second kappa shape index (κ2) is 9.31. The maximum atomic E-state index is 9.08. The highest BCUT2D eigenvalue weighted by molar-refractivity contribution is 7.98. The number of nitrogens with zero attached hydrogens (tertiary/aromatic N) is 1. The molecule has 0 fully saturated rings. The highest BCUT2D eigenvalue weighted by Gasteiger charge is 2.03. The molecule has 0 bridgehead atoms. The third-order valence-corrected chi connectivity index (χ3v) is 5.03. The molecule has 2 rings (SSSR count). The summed E-state index contributed by atoms with van der Waals surface area (Å²) in [6.45, 7) is 4.96. The average Bonchev–Trinajstić information content (AvgIpc) is 2.59. The molecule has 0 radical (unpaired) electrons. The summed E-state index contributed by atoms with van der Waals surface area (Å²) in [5.41, 5.74) is 5.34. The van der Waals surface area contributed by atoms with Crippen molar-refractivity contribution in [3.63, 3.8) is 0 Å². The van der Waals surface area contributed by atoms with E-state index < -0.39 is 0 Å². The van der Waals surface area contributed by atoms with Gasteiger partial charge in [0, 0.05) is 23.7 Å². The molecule has 2 aromatic rings. The Morgan fingerprint density at radius 3 is 2.75 bits per heavy atom. The van der Waals surface area contributed by atoms with E-state index in [0.717, 1.165) is 34.9 Å². The Morgan fingerprint density at radius 1 is 1.17 bits per heavy atom. The number of nitriles is 1. The van der Waals surface area contributed by atoms with Crippen LogP contribution in [0.1, 0.15) is 22.3 Å². The van der Waals surface area contributed by atoms with Gasteiger partial charge in [0.05, 0.1) is 11.6 Å². The largest absolute Gasteiger partial charge is 0.362 e. The van der Waals surface area contributed by atoms with Crippen molar-refractivity contribution in [2.24, 2.45) is 0 Å². The van der Waals surface area contributed by atoms with E-state index in [1.54, 1.807) is 11.8 Å². The molecule has 0 saturated carbocycles. The molecule has 0 amide bonds. The Morgan fingerprint density at radius 2 is 1.96 bits per heavy atom. The van der Waals surface area contributed by atoms with E-state index >= 15 is 0 Å². The van der Waals surface area contributed by atoms with Gasteiger partial charge in [-0.05, 0) is 54.9 Å².